The summed E-state index contributed by atoms with van der Waals surface area (Å²) < 4.78 is 25.9. The second kappa shape index (κ2) is 16.5. The fourth-order valence-corrected chi connectivity index (χ4v) is 5.67. The number of nitrogens with one attached hydrogen (secondary N) is 3. The van der Waals surface area contributed by atoms with Gasteiger partial charge >= 0.3 is 0 Å². The molecule has 2 amide bonds. The van der Waals surface area contributed by atoms with Crippen molar-refractivity contribution in [2.75, 3.05) is 24.2 Å². The van der Waals surface area contributed by atoms with E-state index in [-0.39, 0.29) is 29.4 Å². The van der Waals surface area contributed by atoms with Gasteiger partial charge in [-0.3, -0.25) is 18.9 Å². The SMILES string of the molecule is CC(C)c1cncc(CNCC(O)C(Cc2ccccc2)NC(=O)c2cc(C(=O)NC(C)c3ccccc3)cc(N(C)S(C)(=O)=O)c2)c1. The van der Waals surface area contributed by atoms with Crippen LogP contribution in [0, 0.1) is 0 Å². The largest absolute Gasteiger partial charge is 0.390 e. The normalized spacial score (nSPS) is 13.4. The van der Waals surface area contributed by atoms with Crippen LogP contribution in [0.5, 0.6) is 0 Å². The van der Waals surface area contributed by atoms with Crippen LogP contribution in [-0.4, -0.2) is 62.3 Å². The van der Waals surface area contributed by atoms with Crippen LogP contribution >= 0.6 is 0 Å². The van der Waals surface area contributed by atoms with E-state index in [1.807, 2.05) is 73.8 Å². The third-order valence-corrected chi connectivity index (χ3v) is 9.40. The van der Waals surface area contributed by atoms with Gasteiger partial charge in [-0.25, -0.2) is 8.42 Å². The molecule has 0 bridgehead atoms. The highest BCUT2D eigenvalue weighted by Crippen LogP contribution is 2.22. The van der Waals surface area contributed by atoms with Gasteiger partial charge in [0.05, 0.1) is 30.1 Å². The van der Waals surface area contributed by atoms with E-state index < -0.39 is 34.0 Å². The molecule has 10 nitrogen and oxygen atoms in total. The zero-order chi connectivity index (χ0) is 34.8. The predicted octanol–water partition coefficient (Wildman–Crippen LogP) is 4.58. The maximum atomic E-state index is 13.8. The Labute approximate surface area is 283 Å². The van der Waals surface area contributed by atoms with Gasteiger partial charge in [-0.15, -0.1) is 0 Å². The molecule has 1 aromatic heterocycles. The molecule has 0 spiro atoms. The van der Waals surface area contributed by atoms with Crippen LogP contribution in [0.2, 0.25) is 0 Å². The molecule has 0 radical (unpaired) electrons. The van der Waals surface area contributed by atoms with Gasteiger partial charge in [-0.2, -0.15) is 0 Å². The number of amides is 2. The molecule has 0 saturated heterocycles. The lowest BCUT2D eigenvalue weighted by Gasteiger charge is -2.26. The number of anilines is 1. The highest BCUT2D eigenvalue weighted by atomic mass is 32.2. The lowest BCUT2D eigenvalue weighted by atomic mass is 9.99. The van der Waals surface area contributed by atoms with Crippen molar-refractivity contribution in [1.29, 1.82) is 0 Å². The topological polar surface area (TPSA) is 141 Å². The zero-order valence-corrected chi connectivity index (χ0v) is 28.9. The maximum Gasteiger partial charge on any atom is 0.251 e. The van der Waals surface area contributed by atoms with E-state index in [2.05, 4.69) is 40.8 Å². The predicted molar refractivity (Wildman–Crippen MR) is 189 cm³/mol. The van der Waals surface area contributed by atoms with E-state index in [1.165, 1.54) is 25.2 Å². The second-order valence-electron chi connectivity index (χ2n) is 12.4. The van der Waals surface area contributed by atoms with Gasteiger partial charge in [0.1, 0.15) is 0 Å². The van der Waals surface area contributed by atoms with Crippen molar-refractivity contribution in [1.82, 2.24) is 20.9 Å². The summed E-state index contributed by atoms with van der Waals surface area (Å²) in [5, 5.41) is 20.5. The van der Waals surface area contributed by atoms with E-state index in [9.17, 15) is 23.1 Å². The third kappa shape index (κ3) is 10.2. The number of rotatable bonds is 15. The minimum Gasteiger partial charge on any atom is -0.390 e. The van der Waals surface area contributed by atoms with Gasteiger partial charge < -0.3 is 21.1 Å². The standard InChI is InChI=1S/C37H45N5O5S/c1-25(2)32-16-28(21-38-23-32)22-39-24-35(43)34(17-27-12-8-6-9-13-27)41-37(45)31-18-30(19-33(20-31)42(4)48(5,46)47)36(44)40-26(3)29-14-10-7-11-15-29/h6-16,18-21,23,25-26,34-35,39,43H,17,22,24H2,1-5H3,(H,40,44)(H,41,45). The molecule has 4 aromatic rings. The van der Waals surface area contributed by atoms with Crippen molar-refractivity contribution in [3.63, 3.8) is 0 Å². The molecule has 1 heterocycles. The van der Waals surface area contributed by atoms with E-state index >= 15 is 0 Å². The first-order chi connectivity index (χ1) is 22.8. The van der Waals surface area contributed by atoms with Crippen LogP contribution in [0.1, 0.15) is 75.7 Å². The number of aromatic nitrogens is 1. The van der Waals surface area contributed by atoms with Crippen molar-refractivity contribution in [3.8, 4) is 0 Å². The van der Waals surface area contributed by atoms with Crippen molar-refractivity contribution >= 4 is 27.5 Å². The Morgan fingerprint density at radius 3 is 2.02 bits per heavy atom. The maximum absolute atomic E-state index is 13.8. The molecular weight excluding hydrogens is 627 g/mol. The molecule has 3 aromatic carbocycles. The smallest absolute Gasteiger partial charge is 0.251 e. The number of hydrogen-bond acceptors (Lipinski definition) is 7. The van der Waals surface area contributed by atoms with Crippen molar-refractivity contribution in [3.05, 3.63) is 131 Å². The molecule has 254 valence electrons. The molecule has 4 rings (SSSR count). The molecule has 48 heavy (non-hydrogen) atoms. The summed E-state index contributed by atoms with van der Waals surface area (Å²) in [5.41, 5.74) is 4.26. The molecule has 4 N–H and O–H groups in total. The monoisotopic (exact) mass is 671 g/mol. The van der Waals surface area contributed by atoms with Crippen LogP contribution in [0.4, 0.5) is 5.69 Å². The summed E-state index contributed by atoms with van der Waals surface area (Å²) in [5.74, 6) is -0.689. The highest BCUT2D eigenvalue weighted by Gasteiger charge is 2.25. The number of carbonyl (C=O) groups excluding carboxylic acids is 2. The fraction of sp³-hybridized carbons (Fsp3) is 0.324. The van der Waals surface area contributed by atoms with Gasteiger partial charge in [-0.1, -0.05) is 80.6 Å². The number of sulfonamides is 1. The molecular formula is C37H45N5O5S. The number of carbonyl (C=O) groups is 2. The lowest BCUT2D eigenvalue weighted by molar-refractivity contribution is 0.0830. The van der Waals surface area contributed by atoms with E-state index in [1.54, 1.807) is 6.20 Å². The summed E-state index contributed by atoms with van der Waals surface area (Å²) in [6, 6.07) is 24.2. The highest BCUT2D eigenvalue weighted by molar-refractivity contribution is 7.92. The number of aliphatic hydroxyl groups excluding tert-OH is 1. The van der Waals surface area contributed by atoms with Crippen LogP contribution in [-0.2, 0) is 23.0 Å². The molecule has 0 aliphatic heterocycles. The van der Waals surface area contributed by atoms with E-state index in [0.29, 0.717) is 18.9 Å². The lowest BCUT2D eigenvalue weighted by Crippen LogP contribution is -2.48. The minimum atomic E-state index is -3.71. The number of pyridine rings is 1. The first-order valence-electron chi connectivity index (χ1n) is 15.9. The van der Waals surface area contributed by atoms with Crippen LogP contribution in [0.25, 0.3) is 0 Å². The number of hydrogen-bond donors (Lipinski definition) is 4. The van der Waals surface area contributed by atoms with E-state index in [4.69, 9.17) is 0 Å². The fourth-order valence-electron chi connectivity index (χ4n) is 5.18. The Kier molecular flexibility index (Phi) is 12.5. The van der Waals surface area contributed by atoms with Gasteiger partial charge in [0, 0.05) is 43.7 Å². The Morgan fingerprint density at radius 1 is 0.812 bits per heavy atom. The van der Waals surface area contributed by atoms with Crippen LogP contribution < -0.4 is 20.3 Å². The molecule has 11 heteroatoms. The second-order valence-corrected chi connectivity index (χ2v) is 14.4. The van der Waals surface area contributed by atoms with Crippen molar-refractivity contribution < 1.29 is 23.1 Å². The average Bonchev–Trinajstić information content (AvgIpc) is 3.07. The van der Waals surface area contributed by atoms with Gasteiger partial charge in [0.25, 0.3) is 11.8 Å². The molecule has 0 aliphatic carbocycles. The first kappa shape index (κ1) is 36.3. The summed E-state index contributed by atoms with van der Waals surface area (Å²) in [6.45, 7) is 6.71. The van der Waals surface area contributed by atoms with Gasteiger partial charge in [0.2, 0.25) is 10.0 Å². The van der Waals surface area contributed by atoms with E-state index in [0.717, 1.165) is 32.8 Å². The average molecular weight is 672 g/mol. The Morgan fingerprint density at radius 2 is 1.42 bits per heavy atom. The Bertz CT molecular complexity index is 1780. The molecule has 0 aliphatic rings. The number of benzene rings is 3. The molecule has 3 atom stereocenters. The molecule has 0 fully saturated rings. The summed E-state index contributed by atoms with van der Waals surface area (Å²) in [7, 11) is -2.35. The first-order valence-corrected chi connectivity index (χ1v) is 17.8. The van der Waals surface area contributed by atoms with Crippen LogP contribution in [0.15, 0.2) is 97.3 Å². The Hall–Kier alpha value is -4.58. The number of aliphatic hydroxyl groups is 1. The van der Waals surface area contributed by atoms with Crippen LogP contribution in [0.3, 0.4) is 0 Å². The number of nitrogens with zero attached hydrogens (tertiary/aromatic N) is 2. The zero-order valence-electron chi connectivity index (χ0n) is 28.1. The van der Waals surface area contributed by atoms with Gasteiger partial charge in [0.15, 0.2) is 0 Å². The minimum absolute atomic E-state index is 0.0790. The Balaban J connectivity index is 1.57. The van der Waals surface area contributed by atoms with Crippen molar-refractivity contribution in [2.24, 2.45) is 0 Å². The summed E-state index contributed by atoms with van der Waals surface area (Å²) in [4.78, 5) is 31.6. The quantitative estimate of drug-likeness (QED) is 0.145. The van der Waals surface area contributed by atoms with Crippen molar-refractivity contribution in [2.45, 2.75) is 57.8 Å². The van der Waals surface area contributed by atoms with Gasteiger partial charge in [-0.05, 0) is 59.7 Å². The molecule has 0 saturated carbocycles. The summed E-state index contributed by atoms with van der Waals surface area (Å²) >= 11 is 0. The molecule has 3 unspecified atom stereocenters. The third-order valence-electron chi connectivity index (χ3n) is 8.20. The summed E-state index contributed by atoms with van der Waals surface area (Å²) in [6.07, 6.45) is 4.03.